The van der Waals surface area contributed by atoms with E-state index in [0.29, 0.717) is 0 Å². The zero-order valence-corrected chi connectivity index (χ0v) is 41.3. The van der Waals surface area contributed by atoms with Crippen LogP contribution in [0.2, 0.25) is 0 Å². The Morgan fingerprint density at radius 1 is 0.225 bits per heavy atom. The summed E-state index contributed by atoms with van der Waals surface area (Å²) >= 11 is 0. The maximum absolute atomic E-state index is 2.90. The lowest BCUT2D eigenvalue weighted by atomic mass is 9.33. The van der Waals surface area contributed by atoms with Crippen molar-refractivity contribution in [2.45, 2.75) is 0 Å². The van der Waals surface area contributed by atoms with Crippen LogP contribution in [-0.4, -0.2) is 22.9 Å². The molecule has 2 aliphatic heterocycles. The van der Waals surface area contributed by atoms with Crippen molar-refractivity contribution in [3.05, 3.63) is 297 Å². The van der Waals surface area contributed by atoms with E-state index < -0.39 is 16.1 Å². The van der Waals surface area contributed by atoms with E-state index in [4.69, 9.17) is 0 Å². The predicted octanol–water partition coefficient (Wildman–Crippen LogP) is 8.52. The lowest BCUT2D eigenvalue weighted by Crippen LogP contribution is -2.75. The zero-order chi connectivity index (χ0) is 47.2. The molecule has 0 radical (unpaired) electrons. The number of fused-ring (bicyclic) bond motifs is 4. The maximum Gasteiger partial charge on any atom is 0.252 e. The number of para-hydroxylation sites is 2. The quantitative estimate of drug-likeness (QED) is 0.100. The second-order valence-corrected chi connectivity index (χ2v) is 26.3. The van der Waals surface area contributed by atoms with E-state index in [2.05, 4.69) is 307 Å². The van der Waals surface area contributed by atoms with Gasteiger partial charge in [-0.2, -0.15) is 0 Å². The van der Waals surface area contributed by atoms with Crippen LogP contribution >= 0.6 is 0 Å². The molecule has 0 aromatic heterocycles. The molecule has 0 aliphatic carbocycles. The van der Waals surface area contributed by atoms with Crippen molar-refractivity contribution >= 4 is 115 Å². The third kappa shape index (κ3) is 6.76. The number of nitrogens with zero attached hydrogens (tertiary/aromatic N) is 2. The summed E-state index contributed by atoms with van der Waals surface area (Å²) in [7, 11) is -5.66. The van der Waals surface area contributed by atoms with Gasteiger partial charge in [0, 0.05) is 34.1 Å². The van der Waals surface area contributed by atoms with Crippen LogP contribution in [0, 0.1) is 0 Å². The van der Waals surface area contributed by atoms with Crippen LogP contribution in [0.5, 0.6) is 0 Å². The summed E-state index contributed by atoms with van der Waals surface area (Å²) in [5.41, 5.74) is 11.0. The maximum atomic E-state index is 2.62. The molecule has 0 saturated carbocycles. The monoisotopic (exact) mass is 936 g/mol. The Hall–Kier alpha value is -8.48. The van der Waals surface area contributed by atoms with Gasteiger partial charge in [-0.25, -0.2) is 0 Å². The van der Waals surface area contributed by atoms with E-state index in [0.717, 1.165) is 11.4 Å². The molecule has 2 nitrogen and oxygen atoms in total. The van der Waals surface area contributed by atoms with Crippen LogP contribution in [0.4, 0.5) is 34.1 Å². The highest BCUT2D eigenvalue weighted by molar-refractivity contribution is 7.20. The topological polar surface area (TPSA) is 6.48 Å². The fraction of sp³-hybridized carbons (Fsp3) is 0. The molecule has 2 heterocycles. The van der Waals surface area contributed by atoms with Gasteiger partial charge in [0.1, 0.15) is 0 Å². The van der Waals surface area contributed by atoms with Gasteiger partial charge in [-0.15, -0.1) is 0 Å². The lowest BCUT2D eigenvalue weighted by Gasteiger charge is -2.45. The molecule has 11 aromatic rings. The molecular weight excluding hydrogens is 888 g/mol. The average molecular weight is 937 g/mol. The Kier molecular flexibility index (Phi) is 10.7. The van der Waals surface area contributed by atoms with Crippen molar-refractivity contribution in [1.29, 1.82) is 0 Å². The van der Waals surface area contributed by atoms with Crippen molar-refractivity contribution in [3.8, 4) is 0 Å². The normalized spacial score (nSPS) is 12.7. The van der Waals surface area contributed by atoms with E-state index in [-0.39, 0.29) is 6.71 Å². The number of rotatable bonds is 10. The van der Waals surface area contributed by atoms with Crippen LogP contribution < -0.4 is 67.7 Å². The van der Waals surface area contributed by atoms with Gasteiger partial charge in [-0.3, -0.25) is 0 Å². The first-order chi connectivity index (χ1) is 35.3. The molecule has 0 N–H and O–H groups in total. The SMILES string of the molecule is c1ccc(N2c3ccccc3B3c4cc([Si](c5ccccc5)(c5ccccc5)c5ccccc5)ccc4N(c4ccc([Si](c5ccccc5)(c5ccccc5)c5ccccc5)cc4)c4cccc2c43)cc1. The first-order valence-corrected chi connectivity index (χ1v) is 28.7. The largest absolute Gasteiger partial charge is 0.311 e. The summed E-state index contributed by atoms with van der Waals surface area (Å²) in [5.74, 6) is 0. The van der Waals surface area contributed by atoms with Crippen LogP contribution in [0.25, 0.3) is 0 Å². The highest BCUT2D eigenvalue weighted by Gasteiger charge is 2.47. The molecule has 13 rings (SSSR count). The van der Waals surface area contributed by atoms with E-state index in [9.17, 15) is 0 Å². The summed E-state index contributed by atoms with van der Waals surface area (Å²) < 4.78 is 0. The van der Waals surface area contributed by atoms with Gasteiger partial charge in [-0.05, 0) is 106 Å². The molecule has 5 heteroatoms. The summed E-state index contributed by atoms with van der Waals surface area (Å²) in [6.07, 6.45) is 0. The fourth-order valence-corrected chi connectivity index (χ4v) is 21.8. The molecular formula is C66H49BN2Si2. The first-order valence-electron chi connectivity index (χ1n) is 24.7. The van der Waals surface area contributed by atoms with Crippen molar-refractivity contribution in [2.75, 3.05) is 9.80 Å². The van der Waals surface area contributed by atoms with Gasteiger partial charge in [0.25, 0.3) is 6.71 Å². The second kappa shape index (κ2) is 17.8. The Balaban J connectivity index is 1.08. The molecule has 0 fully saturated rings. The zero-order valence-electron chi connectivity index (χ0n) is 39.3. The number of benzene rings is 11. The van der Waals surface area contributed by atoms with E-state index in [1.807, 2.05) is 0 Å². The molecule has 11 aromatic carbocycles. The van der Waals surface area contributed by atoms with Gasteiger partial charge < -0.3 is 9.80 Å². The average Bonchev–Trinajstić information content (AvgIpc) is 3.46. The van der Waals surface area contributed by atoms with Gasteiger partial charge >= 0.3 is 0 Å². The molecule has 334 valence electrons. The molecule has 2 aliphatic rings. The molecule has 0 bridgehead atoms. The standard InChI is InChI=1S/C66H49BN2Si2/c1-8-25-50(26-9-1)68-62-40-23-22-39-60(62)67-61-49-59(71(55-33-16-5-17-34-55,56-35-18-6-19-36-56)57-37-20-7-21-38-57)47-48-63(61)69(65-42-24-41-64(68)66(65)67)51-43-45-58(46-44-51)70(52-27-10-2-11-28-52,53-29-12-3-13-30-53)54-31-14-4-15-32-54/h1-49H. The van der Waals surface area contributed by atoms with Crippen molar-refractivity contribution in [2.24, 2.45) is 0 Å². The molecule has 71 heavy (non-hydrogen) atoms. The number of hydrogen-bond donors (Lipinski definition) is 0. The van der Waals surface area contributed by atoms with Crippen molar-refractivity contribution in [3.63, 3.8) is 0 Å². The summed E-state index contributed by atoms with van der Waals surface area (Å²) in [6.45, 7) is -0.0221. The van der Waals surface area contributed by atoms with Crippen molar-refractivity contribution < 1.29 is 0 Å². The predicted molar refractivity (Wildman–Crippen MR) is 308 cm³/mol. The van der Waals surface area contributed by atoms with E-state index >= 15 is 0 Å². The van der Waals surface area contributed by atoms with Gasteiger partial charge in [0.15, 0.2) is 16.1 Å². The first kappa shape index (κ1) is 42.6. The summed E-state index contributed by atoms with van der Waals surface area (Å²) in [4.78, 5) is 5.04. The summed E-state index contributed by atoms with van der Waals surface area (Å²) in [6, 6.07) is 112. The van der Waals surface area contributed by atoms with Gasteiger partial charge in [0.2, 0.25) is 0 Å². The third-order valence-electron chi connectivity index (χ3n) is 15.1. The Bertz CT molecular complexity index is 3440. The van der Waals surface area contributed by atoms with Crippen LogP contribution in [0.15, 0.2) is 297 Å². The Morgan fingerprint density at radius 3 is 0.972 bits per heavy atom. The minimum Gasteiger partial charge on any atom is -0.311 e. The van der Waals surface area contributed by atoms with Crippen LogP contribution in [0.3, 0.4) is 0 Å². The molecule has 0 unspecified atom stereocenters. The van der Waals surface area contributed by atoms with Gasteiger partial charge in [-0.1, -0.05) is 249 Å². The fourth-order valence-electron chi connectivity index (χ4n) is 12.2. The van der Waals surface area contributed by atoms with Crippen molar-refractivity contribution in [1.82, 2.24) is 0 Å². The highest BCUT2D eigenvalue weighted by atomic mass is 28.3. The second-order valence-electron chi connectivity index (χ2n) is 18.7. The van der Waals surface area contributed by atoms with E-state index in [1.54, 1.807) is 0 Å². The molecule has 0 atom stereocenters. The Labute approximate surface area is 419 Å². The minimum absolute atomic E-state index is 0.0221. The highest BCUT2D eigenvalue weighted by Crippen LogP contribution is 2.43. The number of hydrogen-bond acceptors (Lipinski definition) is 2. The lowest BCUT2D eigenvalue weighted by molar-refractivity contribution is 1.25. The van der Waals surface area contributed by atoms with Crippen LogP contribution in [-0.2, 0) is 0 Å². The number of anilines is 6. The molecule has 0 spiro atoms. The molecule has 0 saturated heterocycles. The molecule has 0 amide bonds. The van der Waals surface area contributed by atoms with E-state index in [1.165, 1.54) is 80.6 Å². The third-order valence-corrected chi connectivity index (χ3v) is 24.7. The van der Waals surface area contributed by atoms with Crippen LogP contribution in [0.1, 0.15) is 0 Å². The smallest absolute Gasteiger partial charge is 0.252 e. The van der Waals surface area contributed by atoms with Gasteiger partial charge in [0.05, 0.1) is 0 Å². The Morgan fingerprint density at radius 2 is 0.535 bits per heavy atom. The minimum atomic E-state index is -2.90. The summed E-state index contributed by atoms with van der Waals surface area (Å²) in [5, 5.41) is 10.9.